The number of amides is 1. The van der Waals surface area contributed by atoms with Gasteiger partial charge in [-0.1, -0.05) is 13.3 Å². The lowest BCUT2D eigenvalue weighted by Gasteiger charge is -2.45. The predicted molar refractivity (Wildman–Crippen MR) is 130 cm³/mol. The second kappa shape index (κ2) is 10.2. The Hall–Kier alpha value is -1.82. The van der Waals surface area contributed by atoms with Gasteiger partial charge in [0.15, 0.2) is 0 Å². The minimum absolute atomic E-state index is 0.0142. The zero-order chi connectivity index (χ0) is 26.3. The van der Waals surface area contributed by atoms with Crippen LogP contribution in [0.2, 0.25) is 0 Å². The first kappa shape index (κ1) is 27.2. The van der Waals surface area contributed by atoms with Crippen molar-refractivity contribution in [2.45, 2.75) is 87.4 Å². The highest BCUT2D eigenvalue weighted by molar-refractivity contribution is 7.89. The van der Waals surface area contributed by atoms with Crippen molar-refractivity contribution in [3.8, 4) is 0 Å². The van der Waals surface area contributed by atoms with E-state index >= 15 is 0 Å². The average molecular weight is 530 g/mol. The first-order chi connectivity index (χ1) is 16.9. The molecule has 0 aromatic heterocycles. The number of carbonyl (C=O) groups is 1. The van der Waals surface area contributed by atoms with E-state index in [-0.39, 0.29) is 18.2 Å². The summed E-state index contributed by atoms with van der Waals surface area (Å²) in [7, 11) is -4.23. The topological polar surface area (TPSA) is 90.4 Å². The molecule has 1 amide bonds. The van der Waals surface area contributed by atoms with E-state index in [2.05, 4.69) is 4.90 Å². The lowest BCUT2D eigenvalue weighted by Crippen LogP contribution is -2.59. The van der Waals surface area contributed by atoms with Crippen LogP contribution in [0, 0.1) is 11.6 Å². The third-order valence-electron chi connectivity index (χ3n) is 7.99. The molecule has 4 rings (SSSR count). The summed E-state index contributed by atoms with van der Waals surface area (Å²) < 4.78 is 62.7. The number of hydrogen-bond acceptors (Lipinski definition) is 6. The fourth-order valence-corrected chi connectivity index (χ4v) is 7.60. The molecule has 202 valence electrons. The van der Waals surface area contributed by atoms with Crippen LogP contribution in [0.3, 0.4) is 0 Å². The number of halogens is 2. The first-order valence-electron chi connectivity index (χ1n) is 12.8. The van der Waals surface area contributed by atoms with Crippen LogP contribution in [-0.4, -0.2) is 89.7 Å². The normalized spacial score (nSPS) is 25.6. The molecule has 1 N–H and O–H groups in total. The van der Waals surface area contributed by atoms with E-state index in [0.717, 1.165) is 18.6 Å². The van der Waals surface area contributed by atoms with Gasteiger partial charge in [0.1, 0.15) is 17.2 Å². The Morgan fingerprint density at radius 3 is 2.25 bits per heavy atom. The molecule has 3 fully saturated rings. The van der Waals surface area contributed by atoms with E-state index in [1.54, 1.807) is 4.90 Å². The standard InChI is InChI=1S/C25H37F2N3O5S/c1-4-20-6-5-7-22(30(20)36(33,34)21-15-18(26)14-19(27)16-21)25(8-9-25)35-23(32)28-10-12-29(13-11-28)24(2,3)17-31/h14-16,20,22,31H,4-13,17H2,1-3H3/t20-,22-/m1/s1. The van der Waals surface area contributed by atoms with E-state index in [4.69, 9.17) is 4.74 Å². The number of piperazine rings is 1. The number of hydrogen-bond donors (Lipinski definition) is 1. The Labute approximate surface area is 212 Å². The Morgan fingerprint density at radius 1 is 1.11 bits per heavy atom. The average Bonchev–Trinajstić information content (AvgIpc) is 3.63. The van der Waals surface area contributed by atoms with Gasteiger partial charge in [-0.05, 0) is 58.1 Å². The van der Waals surface area contributed by atoms with Crippen molar-refractivity contribution < 1.29 is 31.8 Å². The highest BCUT2D eigenvalue weighted by Crippen LogP contribution is 2.50. The van der Waals surface area contributed by atoms with E-state index < -0.39 is 44.3 Å². The number of aliphatic hydroxyl groups excluding tert-OH is 1. The number of nitrogens with zero attached hydrogens (tertiary/aromatic N) is 3. The van der Waals surface area contributed by atoms with Gasteiger partial charge in [0.05, 0.1) is 17.5 Å². The summed E-state index contributed by atoms with van der Waals surface area (Å²) in [4.78, 5) is 16.5. The Balaban J connectivity index is 1.54. The van der Waals surface area contributed by atoms with E-state index in [9.17, 15) is 27.1 Å². The lowest BCUT2D eigenvalue weighted by atomic mass is 9.92. The van der Waals surface area contributed by atoms with Crippen LogP contribution in [0.25, 0.3) is 0 Å². The van der Waals surface area contributed by atoms with Crippen LogP contribution >= 0.6 is 0 Å². The smallest absolute Gasteiger partial charge is 0.410 e. The second-order valence-electron chi connectivity index (χ2n) is 10.8. The van der Waals surface area contributed by atoms with Crippen LogP contribution in [0.4, 0.5) is 13.6 Å². The quantitative estimate of drug-likeness (QED) is 0.583. The van der Waals surface area contributed by atoms with Crippen molar-refractivity contribution >= 4 is 16.1 Å². The van der Waals surface area contributed by atoms with Gasteiger partial charge in [-0.25, -0.2) is 22.0 Å². The molecular weight excluding hydrogens is 492 g/mol. The van der Waals surface area contributed by atoms with Gasteiger partial charge in [0, 0.05) is 43.8 Å². The molecule has 36 heavy (non-hydrogen) atoms. The number of benzene rings is 1. The van der Waals surface area contributed by atoms with Gasteiger partial charge in [0.2, 0.25) is 10.0 Å². The molecule has 0 spiro atoms. The van der Waals surface area contributed by atoms with Crippen LogP contribution in [0.5, 0.6) is 0 Å². The van der Waals surface area contributed by atoms with Crippen molar-refractivity contribution in [2.75, 3.05) is 32.8 Å². The van der Waals surface area contributed by atoms with Crippen LogP contribution in [0.15, 0.2) is 23.1 Å². The Bertz CT molecular complexity index is 1050. The third kappa shape index (κ3) is 5.25. The van der Waals surface area contributed by atoms with E-state index in [1.165, 1.54) is 4.31 Å². The summed E-state index contributed by atoms with van der Waals surface area (Å²) in [5.74, 6) is -1.91. The number of sulfonamides is 1. The Kier molecular flexibility index (Phi) is 7.68. The van der Waals surface area contributed by atoms with Gasteiger partial charge >= 0.3 is 6.09 Å². The van der Waals surface area contributed by atoms with Gasteiger partial charge in [-0.15, -0.1) is 0 Å². The molecule has 1 aliphatic carbocycles. The van der Waals surface area contributed by atoms with E-state index in [0.29, 0.717) is 64.3 Å². The number of ether oxygens (including phenoxy) is 1. The molecule has 3 aliphatic rings. The molecule has 2 heterocycles. The van der Waals surface area contributed by atoms with Crippen molar-refractivity contribution in [1.82, 2.24) is 14.1 Å². The molecule has 1 aromatic carbocycles. The maximum absolute atomic E-state index is 13.9. The number of aliphatic hydroxyl groups is 1. The van der Waals surface area contributed by atoms with Crippen molar-refractivity contribution in [1.29, 1.82) is 0 Å². The van der Waals surface area contributed by atoms with Gasteiger partial charge in [-0.2, -0.15) is 4.31 Å². The highest BCUT2D eigenvalue weighted by Gasteiger charge is 2.59. The molecular formula is C25H37F2N3O5S. The van der Waals surface area contributed by atoms with Crippen molar-refractivity contribution in [3.63, 3.8) is 0 Å². The second-order valence-corrected chi connectivity index (χ2v) is 12.7. The summed E-state index contributed by atoms with van der Waals surface area (Å²) in [6, 6.07) is 1.40. The zero-order valence-corrected chi connectivity index (χ0v) is 22.1. The fraction of sp³-hybridized carbons (Fsp3) is 0.720. The molecule has 0 radical (unpaired) electrons. The van der Waals surface area contributed by atoms with Gasteiger partial charge < -0.3 is 14.7 Å². The summed E-state index contributed by atoms with van der Waals surface area (Å²) in [5, 5.41) is 9.63. The van der Waals surface area contributed by atoms with E-state index in [1.807, 2.05) is 20.8 Å². The minimum Gasteiger partial charge on any atom is -0.441 e. The molecule has 0 bridgehead atoms. The summed E-state index contributed by atoms with van der Waals surface area (Å²) in [6.45, 7) is 7.91. The molecule has 2 aliphatic heterocycles. The number of rotatable bonds is 7. The predicted octanol–water partition coefficient (Wildman–Crippen LogP) is 3.34. The highest BCUT2D eigenvalue weighted by atomic mass is 32.2. The lowest BCUT2D eigenvalue weighted by molar-refractivity contribution is -0.0245. The molecule has 1 aromatic rings. The number of piperidine rings is 1. The monoisotopic (exact) mass is 529 g/mol. The van der Waals surface area contributed by atoms with Crippen LogP contribution in [-0.2, 0) is 14.8 Å². The van der Waals surface area contributed by atoms with Gasteiger partial charge in [0.25, 0.3) is 0 Å². The fourth-order valence-electron chi connectivity index (χ4n) is 5.56. The molecule has 8 nitrogen and oxygen atoms in total. The molecule has 1 saturated carbocycles. The largest absolute Gasteiger partial charge is 0.441 e. The van der Waals surface area contributed by atoms with Crippen molar-refractivity contribution in [2.24, 2.45) is 0 Å². The zero-order valence-electron chi connectivity index (χ0n) is 21.3. The molecule has 2 atom stereocenters. The first-order valence-corrected chi connectivity index (χ1v) is 14.2. The SMILES string of the molecule is CC[C@@H]1CCC[C@H](C2(OC(=O)N3CCN(C(C)(C)CO)CC3)CC2)N1S(=O)(=O)c1cc(F)cc(F)c1. The molecule has 11 heteroatoms. The summed E-state index contributed by atoms with van der Waals surface area (Å²) >= 11 is 0. The number of carbonyl (C=O) groups excluding carboxylic acids is 1. The summed E-state index contributed by atoms with van der Waals surface area (Å²) in [5.41, 5.74) is -1.32. The maximum Gasteiger partial charge on any atom is 0.410 e. The summed E-state index contributed by atoms with van der Waals surface area (Å²) in [6.07, 6.45) is 3.08. The van der Waals surface area contributed by atoms with Crippen LogP contribution in [0.1, 0.15) is 59.3 Å². The van der Waals surface area contributed by atoms with Crippen LogP contribution < -0.4 is 0 Å². The minimum atomic E-state index is -4.23. The van der Waals surface area contributed by atoms with Gasteiger partial charge in [-0.3, -0.25) is 4.90 Å². The Morgan fingerprint density at radius 2 is 1.72 bits per heavy atom. The maximum atomic E-state index is 13.9. The molecule has 0 unspecified atom stereocenters. The van der Waals surface area contributed by atoms with Crippen molar-refractivity contribution in [3.05, 3.63) is 29.8 Å². The molecule has 2 saturated heterocycles. The third-order valence-corrected chi connectivity index (χ3v) is 9.93.